The van der Waals surface area contributed by atoms with Gasteiger partial charge in [0.05, 0.1) is 0 Å². The fourth-order valence-corrected chi connectivity index (χ4v) is 2.78. The molecule has 1 heterocycles. The number of carbonyl (C=O) groups is 2. The number of benzene rings is 2. The SMILES string of the molecule is CC1(C)OC(=O)C(=CNc2ccc(Oc3cc(Cl)cc(Cl)c3)cc2)C(=O)O1. The maximum absolute atomic E-state index is 11.9. The minimum Gasteiger partial charge on any atom is -0.457 e. The van der Waals surface area contributed by atoms with Gasteiger partial charge < -0.3 is 19.5 Å². The molecule has 0 aliphatic carbocycles. The standard InChI is InChI=1S/C19H15Cl2NO5/c1-19(2)26-17(23)16(18(24)27-19)10-22-13-3-5-14(6-4-13)25-15-8-11(20)7-12(21)9-15/h3-10,22H,1-2H3. The molecule has 2 aromatic rings. The van der Waals surface area contributed by atoms with E-state index in [1.807, 2.05) is 0 Å². The number of rotatable bonds is 4. The summed E-state index contributed by atoms with van der Waals surface area (Å²) in [6, 6.07) is 11.7. The minimum atomic E-state index is -1.27. The van der Waals surface area contributed by atoms with Crippen molar-refractivity contribution in [2.75, 3.05) is 5.32 Å². The average molecular weight is 408 g/mol. The van der Waals surface area contributed by atoms with Crippen molar-refractivity contribution in [3.8, 4) is 11.5 Å². The average Bonchev–Trinajstić information content (AvgIpc) is 2.53. The monoisotopic (exact) mass is 407 g/mol. The lowest BCUT2D eigenvalue weighted by molar-refractivity contribution is -0.222. The minimum absolute atomic E-state index is 0.219. The first-order chi connectivity index (χ1) is 12.7. The third-order valence-corrected chi connectivity index (χ3v) is 3.86. The first-order valence-corrected chi connectivity index (χ1v) is 8.65. The van der Waals surface area contributed by atoms with Crippen LogP contribution in [0.3, 0.4) is 0 Å². The first-order valence-electron chi connectivity index (χ1n) is 7.89. The number of anilines is 1. The molecule has 3 rings (SSSR count). The van der Waals surface area contributed by atoms with Crippen LogP contribution in [-0.4, -0.2) is 17.7 Å². The molecule has 1 N–H and O–H groups in total. The van der Waals surface area contributed by atoms with Gasteiger partial charge in [0.1, 0.15) is 11.5 Å². The predicted molar refractivity (Wildman–Crippen MR) is 101 cm³/mol. The largest absolute Gasteiger partial charge is 0.457 e. The second-order valence-corrected chi connectivity index (χ2v) is 6.99. The highest BCUT2D eigenvalue weighted by molar-refractivity contribution is 6.34. The second kappa shape index (κ2) is 7.50. The summed E-state index contributed by atoms with van der Waals surface area (Å²) in [5.74, 6) is -1.70. The van der Waals surface area contributed by atoms with Crippen molar-refractivity contribution in [1.82, 2.24) is 0 Å². The second-order valence-electron chi connectivity index (χ2n) is 6.11. The molecule has 27 heavy (non-hydrogen) atoms. The molecule has 140 valence electrons. The van der Waals surface area contributed by atoms with Crippen molar-refractivity contribution >= 4 is 40.8 Å². The van der Waals surface area contributed by atoms with Gasteiger partial charge in [-0.3, -0.25) is 0 Å². The Labute approximate surface area is 165 Å². The van der Waals surface area contributed by atoms with E-state index in [1.54, 1.807) is 42.5 Å². The summed E-state index contributed by atoms with van der Waals surface area (Å²) in [5.41, 5.74) is 0.410. The zero-order chi connectivity index (χ0) is 19.6. The summed E-state index contributed by atoms with van der Waals surface area (Å²) >= 11 is 11.9. The van der Waals surface area contributed by atoms with Gasteiger partial charge in [0.15, 0.2) is 5.57 Å². The highest BCUT2D eigenvalue weighted by Gasteiger charge is 2.38. The van der Waals surface area contributed by atoms with Crippen LogP contribution < -0.4 is 10.1 Å². The Morgan fingerprint density at radius 3 is 2.04 bits per heavy atom. The van der Waals surface area contributed by atoms with Gasteiger partial charge in [-0.25, -0.2) is 9.59 Å². The van der Waals surface area contributed by atoms with Crippen LogP contribution in [0.15, 0.2) is 54.2 Å². The van der Waals surface area contributed by atoms with E-state index in [9.17, 15) is 9.59 Å². The summed E-state index contributed by atoms with van der Waals surface area (Å²) in [5, 5.41) is 3.79. The molecular weight excluding hydrogens is 393 g/mol. The molecule has 0 radical (unpaired) electrons. The number of halogens is 2. The molecule has 0 atom stereocenters. The fraction of sp³-hybridized carbons (Fsp3) is 0.158. The van der Waals surface area contributed by atoms with E-state index in [4.69, 9.17) is 37.4 Å². The maximum Gasteiger partial charge on any atom is 0.350 e. The van der Waals surface area contributed by atoms with Crippen LogP contribution >= 0.6 is 23.2 Å². The zero-order valence-electron chi connectivity index (χ0n) is 14.4. The fourth-order valence-electron chi connectivity index (χ4n) is 2.28. The lowest BCUT2D eigenvalue weighted by Crippen LogP contribution is -2.42. The summed E-state index contributed by atoms with van der Waals surface area (Å²) < 4.78 is 15.7. The van der Waals surface area contributed by atoms with Crippen LogP contribution in [0.5, 0.6) is 11.5 Å². The molecule has 0 unspecified atom stereocenters. The van der Waals surface area contributed by atoms with E-state index in [2.05, 4.69) is 5.32 Å². The molecule has 6 nitrogen and oxygen atoms in total. The molecule has 0 aromatic heterocycles. The molecule has 1 aliphatic heterocycles. The third-order valence-electron chi connectivity index (χ3n) is 3.43. The van der Waals surface area contributed by atoms with Gasteiger partial charge in [-0.1, -0.05) is 23.2 Å². The number of esters is 2. The molecule has 0 amide bonds. The number of ether oxygens (including phenoxy) is 3. The van der Waals surface area contributed by atoms with E-state index in [0.717, 1.165) is 0 Å². The van der Waals surface area contributed by atoms with Crippen molar-refractivity contribution in [2.24, 2.45) is 0 Å². The van der Waals surface area contributed by atoms with Crippen molar-refractivity contribution in [3.05, 3.63) is 64.3 Å². The quantitative estimate of drug-likeness (QED) is 0.440. The van der Waals surface area contributed by atoms with Gasteiger partial charge in [-0.15, -0.1) is 0 Å². The number of carbonyl (C=O) groups excluding carboxylic acids is 2. The lowest BCUT2D eigenvalue weighted by atomic mass is 10.2. The van der Waals surface area contributed by atoms with E-state index >= 15 is 0 Å². The van der Waals surface area contributed by atoms with E-state index in [0.29, 0.717) is 27.2 Å². The van der Waals surface area contributed by atoms with E-state index in [-0.39, 0.29) is 5.57 Å². The molecule has 0 spiro atoms. The molecule has 8 heteroatoms. The highest BCUT2D eigenvalue weighted by Crippen LogP contribution is 2.29. The number of cyclic esters (lactones) is 2. The van der Waals surface area contributed by atoms with Crippen LogP contribution in [0.1, 0.15) is 13.8 Å². The maximum atomic E-state index is 11.9. The summed E-state index contributed by atoms with van der Waals surface area (Å²) in [7, 11) is 0. The Morgan fingerprint density at radius 1 is 0.926 bits per heavy atom. The Balaban J connectivity index is 1.67. The Bertz CT molecular complexity index is 880. The van der Waals surface area contributed by atoms with Gasteiger partial charge in [0.25, 0.3) is 5.79 Å². The van der Waals surface area contributed by atoms with E-state index in [1.165, 1.54) is 20.0 Å². The van der Waals surface area contributed by atoms with Crippen molar-refractivity contribution in [1.29, 1.82) is 0 Å². The number of hydrogen-bond acceptors (Lipinski definition) is 6. The van der Waals surface area contributed by atoms with Crippen molar-refractivity contribution in [3.63, 3.8) is 0 Å². The number of nitrogens with one attached hydrogen (secondary N) is 1. The highest BCUT2D eigenvalue weighted by atomic mass is 35.5. The summed E-state index contributed by atoms with van der Waals surface area (Å²) in [6.45, 7) is 2.97. The normalized spacial score (nSPS) is 15.6. The topological polar surface area (TPSA) is 73.9 Å². The van der Waals surface area contributed by atoms with Crippen LogP contribution in [0.25, 0.3) is 0 Å². The van der Waals surface area contributed by atoms with Crippen LogP contribution in [0.4, 0.5) is 5.69 Å². The number of hydrogen-bond donors (Lipinski definition) is 1. The van der Waals surface area contributed by atoms with Gasteiger partial charge >= 0.3 is 11.9 Å². The van der Waals surface area contributed by atoms with Crippen molar-refractivity contribution < 1.29 is 23.8 Å². The zero-order valence-corrected chi connectivity index (χ0v) is 15.9. The Hall–Kier alpha value is -2.70. The third kappa shape index (κ3) is 4.93. The van der Waals surface area contributed by atoms with Gasteiger partial charge in [0.2, 0.25) is 0 Å². The van der Waals surface area contributed by atoms with Crippen molar-refractivity contribution in [2.45, 2.75) is 19.6 Å². The summed E-state index contributed by atoms with van der Waals surface area (Å²) in [6.07, 6.45) is 1.24. The molecule has 1 fully saturated rings. The Morgan fingerprint density at radius 2 is 1.48 bits per heavy atom. The van der Waals surface area contributed by atoms with Gasteiger partial charge in [0, 0.05) is 35.8 Å². The van der Waals surface area contributed by atoms with Gasteiger partial charge in [-0.05, 0) is 42.5 Å². The van der Waals surface area contributed by atoms with E-state index < -0.39 is 17.7 Å². The molecule has 0 bridgehead atoms. The molecule has 1 saturated heterocycles. The molecule has 2 aromatic carbocycles. The molecule has 1 aliphatic rings. The Kier molecular flexibility index (Phi) is 5.30. The van der Waals surface area contributed by atoms with Gasteiger partial charge in [-0.2, -0.15) is 0 Å². The van der Waals surface area contributed by atoms with Crippen LogP contribution in [0, 0.1) is 0 Å². The smallest absolute Gasteiger partial charge is 0.350 e. The molecular formula is C19H15Cl2NO5. The van der Waals surface area contributed by atoms with Crippen LogP contribution in [-0.2, 0) is 19.1 Å². The predicted octanol–water partition coefficient (Wildman–Crippen LogP) is 4.92. The first kappa shape index (κ1) is 19.1. The molecule has 0 saturated carbocycles. The lowest BCUT2D eigenvalue weighted by Gasteiger charge is -2.29. The summed E-state index contributed by atoms with van der Waals surface area (Å²) in [4.78, 5) is 23.8. The van der Waals surface area contributed by atoms with Crippen LogP contribution in [0.2, 0.25) is 10.0 Å².